The van der Waals surface area contributed by atoms with Crippen molar-refractivity contribution in [2.45, 2.75) is 89.6 Å². The number of piperidine rings is 1. The van der Waals surface area contributed by atoms with Gasteiger partial charge in [-0.05, 0) is 35.9 Å². The largest absolute Gasteiger partial charge is 0.469 e. The van der Waals surface area contributed by atoms with E-state index in [1.54, 1.807) is 0 Å². The SMILES string of the molecule is COC(=O)[C@@H]1CCN2C(=O)CCC[C@]12O[Si](C(C)C)(C(C)C)C(C)C. The fourth-order valence-corrected chi connectivity index (χ4v) is 11.1. The van der Waals surface area contributed by atoms with E-state index in [0.29, 0.717) is 36.0 Å². The third-order valence-electron chi connectivity index (χ3n) is 6.42. The van der Waals surface area contributed by atoms with Crippen molar-refractivity contribution in [2.75, 3.05) is 13.7 Å². The van der Waals surface area contributed by atoms with Gasteiger partial charge in [-0.1, -0.05) is 41.5 Å². The summed E-state index contributed by atoms with van der Waals surface area (Å²) in [4.78, 5) is 27.1. The van der Waals surface area contributed by atoms with Gasteiger partial charge in [-0.2, -0.15) is 0 Å². The number of fused-ring (bicyclic) bond motifs is 1. The lowest BCUT2D eigenvalue weighted by Gasteiger charge is -2.53. The van der Waals surface area contributed by atoms with E-state index in [0.717, 1.165) is 12.8 Å². The second-order valence-corrected chi connectivity index (χ2v) is 13.9. The van der Waals surface area contributed by atoms with E-state index in [-0.39, 0.29) is 17.8 Å². The molecule has 0 aromatic rings. The van der Waals surface area contributed by atoms with Crippen molar-refractivity contribution >= 4 is 20.2 Å². The summed E-state index contributed by atoms with van der Waals surface area (Å²) in [5, 5.41) is 0. The summed E-state index contributed by atoms with van der Waals surface area (Å²) in [6.45, 7) is 14.0. The average Bonchev–Trinajstić information content (AvgIpc) is 2.91. The standard InChI is InChI=1S/C19H35NO4Si/c1-13(2)25(14(3)4,15(5)6)24-19-11-8-9-17(21)20(19)12-10-16(19)18(22)23-7/h13-16H,8-12H2,1-7H3/t16-,19-/m0/s1. The van der Waals surface area contributed by atoms with E-state index in [9.17, 15) is 9.59 Å². The van der Waals surface area contributed by atoms with Gasteiger partial charge in [-0.15, -0.1) is 0 Å². The number of carbonyl (C=O) groups excluding carboxylic acids is 2. The molecular weight excluding hydrogens is 334 g/mol. The van der Waals surface area contributed by atoms with Crippen LogP contribution in [-0.4, -0.2) is 44.5 Å². The van der Waals surface area contributed by atoms with E-state index in [1.807, 2.05) is 4.90 Å². The highest BCUT2D eigenvalue weighted by Crippen LogP contribution is 2.52. The number of methoxy groups -OCH3 is 1. The van der Waals surface area contributed by atoms with Crippen LogP contribution in [0, 0.1) is 5.92 Å². The number of carbonyl (C=O) groups is 2. The van der Waals surface area contributed by atoms with Crippen molar-refractivity contribution in [3.8, 4) is 0 Å². The summed E-state index contributed by atoms with van der Waals surface area (Å²) in [5.74, 6) is -0.488. The van der Waals surface area contributed by atoms with E-state index >= 15 is 0 Å². The van der Waals surface area contributed by atoms with Gasteiger partial charge in [0.1, 0.15) is 11.6 Å². The molecule has 0 radical (unpaired) electrons. The molecule has 144 valence electrons. The van der Waals surface area contributed by atoms with Crippen LogP contribution in [0.1, 0.15) is 67.2 Å². The maximum absolute atomic E-state index is 12.6. The van der Waals surface area contributed by atoms with Crippen molar-refractivity contribution < 1.29 is 18.8 Å². The number of hydrogen-bond donors (Lipinski definition) is 0. The van der Waals surface area contributed by atoms with Gasteiger partial charge in [0.2, 0.25) is 14.2 Å². The van der Waals surface area contributed by atoms with Gasteiger partial charge in [0, 0.05) is 13.0 Å². The Kier molecular flexibility index (Phi) is 6.04. The Hall–Kier alpha value is -0.883. The lowest BCUT2D eigenvalue weighted by molar-refractivity contribution is -0.177. The van der Waals surface area contributed by atoms with Crippen LogP contribution >= 0.6 is 0 Å². The second kappa shape index (κ2) is 7.39. The number of nitrogens with zero attached hydrogens (tertiary/aromatic N) is 1. The van der Waals surface area contributed by atoms with Gasteiger partial charge in [0.25, 0.3) is 0 Å². The zero-order valence-corrected chi connectivity index (χ0v) is 17.9. The highest BCUT2D eigenvalue weighted by molar-refractivity contribution is 6.77. The first-order valence-electron chi connectivity index (χ1n) is 9.72. The Balaban J connectivity index is 2.54. The smallest absolute Gasteiger partial charge is 0.313 e. The van der Waals surface area contributed by atoms with Crippen LogP contribution in [0.4, 0.5) is 0 Å². The molecule has 0 bridgehead atoms. The molecular formula is C19H35NO4Si. The summed E-state index contributed by atoms with van der Waals surface area (Å²) >= 11 is 0. The third kappa shape index (κ3) is 3.16. The summed E-state index contributed by atoms with van der Waals surface area (Å²) in [5.41, 5.74) is 0.409. The van der Waals surface area contributed by atoms with Gasteiger partial charge in [0.05, 0.1) is 7.11 Å². The lowest BCUT2D eigenvalue weighted by Crippen LogP contribution is -2.64. The number of rotatable bonds is 6. The molecule has 0 spiro atoms. The molecule has 0 unspecified atom stereocenters. The zero-order valence-electron chi connectivity index (χ0n) is 16.9. The Labute approximate surface area is 153 Å². The van der Waals surface area contributed by atoms with Gasteiger partial charge in [-0.3, -0.25) is 9.59 Å². The fraction of sp³-hybridized carbons (Fsp3) is 0.895. The van der Waals surface area contributed by atoms with Crippen molar-refractivity contribution in [1.29, 1.82) is 0 Å². The minimum absolute atomic E-state index is 0.122. The molecule has 2 atom stereocenters. The highest BCUT2D eigenvalue weighted by atomic mass is 28.4. The van der Waals surface area contributed by atoms with Crippen LogP contribution in [0.3, 0.4) is 0 Å². The molecule has 2 rings (SSSR count). The molecule has 0 saturated carbocycles. The Morgan fingerprint density at radius 3 is 2.20 bits per heavy atom. The van der Waals surface area contributed by atoms with Gasteiger partial charge >= 0.3 is 5.97 Å². The maximum atomic E-state index is 12.6. The molecule has 6 heteroatoms. The first-order chi connectivity index (χ1) is 11.6. The summed E-state index contributed by atoms with van der Waals surface area (Å²) < 4.78 is 12.2. The molecule has 5 nitrogen and oxygen atoms in total. The molecule has 1 amide bonds. The minimum Gasteiger partial charge on any atom is -0.469 e. The number of esters is 1. The summed E-state index contributed by atoms with van der Waals surface area (Å²) in [6.07, 6.45) is 2.71. The molecule has 25 heavy (non-hydrogen) atoms. The Morgan fingerprint density at radius 1 is 1.16 bits per heavy atom. The summed E-state index contributed by atoms with van der Waals surface area (Å²) in [7, 11) is -0.810. The average molecular weight is 370 g/mol. The fourth-order valence-electron chi connectivity index (χ4n) is 5.42. The minimum atomic E-state index is -2.24. The monoisotopic (exact) mass is 369 g/mol. The van der Waals surface area contributed by atoms with E-state index in [4.69, 9.17) is 9.16 Å². The quantitative estimate of drug-likeness (QED) is 0.523. The Bertz CT molecular complexity index is 498. The third-order valence-corrected chi connectivity index (χ3v) is 12.5. The lowest BCUT2D eigenvalue weighted by atomic mass is 9.89. The topological polar surface area (TPSA) is 55.8 Å². The first-order valence-corrected chi connectivity index (χ1v) is 11.9. The highest BCUT2D eigenvalue weighted by Gasteiger charge is 2.61. The van der Waals surface area contributed by atoms with Crippen LogP contribution in [0.15, 0.2) is 0 Å². The summed E-state index contributed by atoms with van der Waals surface area (Å²) in [6, 6.07) is 0. The Morgan fingerprint density at radius 2 is 1.72 bits per heavy atom. The molecule has 2 fully saturated rings. The van der Waals surface area contributed by atoms with E-state index in [1.165, 1.54) is 7.11 Å². The van der Waals surface area contributed by atoms with Crippen LogP contribution in [0.25, 0.3) is 0 Å². The normalized spacial score (nSPS) is 27.4. The van der Waals surface area contributed by atoms with Crippen LogP contribution in [0.5, 0.6) is 0 Å². The molecule has 0 aliphatic carbocycles. The van der Waals surface area contributed by atoms with Gasteiger partial charge in [-0.25, -0.2) is 0 Å². The van der Waals surface area contributed by atoms with Crippen LogP contribution in [-0.2, 0) is 18.8 Å². The molecule has 2 aliphatic rings. The molecule has 0 aromatic carbocycles. The van der Waals surface area contributed by atoms with E-state index < -0.39 is 14.0 Å². The first kappa shape index (κ1) is 20.4. The van der Waals surface area contributed by atoms with Crippen molar-refractivity contribution in [1.82, 2.24) is 4.90 Å². The molecule has 2 saturated heterocycles. The molecule has 2 aliphatic heterocycles. The van der Waals surface area contributed by atoms with Gasteiger partial charge in [0.15, 0.2) is 0 Å². The van der Waals surface area contributed by atoms with E-state index in [2.05, 4.69) is 41.5 Å². The predicted octanol–water partition coefficient (Wildman–Crippen LogP) is 4.08. The predicted molar refractivity (Wildman–Crippen MR) is 101 cm³/mol. The second-order valence-electron chi connectivity index (χ2n) is 8.53. The number of hydrogen-bond acceptors (Lipinski definition) is 4. The van der Waals surface area contributed by atoms with Crippen molar-refractivity contribution in [3.05, 3.63) is 0 Å². The van der Waals surface area contributed by atoms with Gasteiger partial charge < -0.3 is 14.1 Å². The molecule has 0 aromatic heterocycles. The van der Waals surface area contributed by atoms with Crippen molar-refractivity contribution in [3.63, 3.8) is 0 Å². The maximum Gasteiger partial charge on any atom is 0.313 e. The zero-order chi connectivity index (χ0) is 19.0. The van der Waals surface area contributed by atoms with Crippen molar-refractivity contribution in [2.24, 2.45) is 5.92 Å². The van der Waals surface area contributed by atoms with Crippen LogP contribution in [0.2, 0.25) is 16.6 Å². The molecule has 0 N–H and O–H groups in total. The number of ether oxygens (including phenoxy) is 1. The van der Waals surface area contributed by atoms with Crippen LogP contribution < -0.4 is 0 Å². The molecule has 2 heterocycles. The number of amides is 1.